The van der Waals surface area contributed by atoms with Gasteiger partial charge in [0.15, 0.2) is 11.6 Å². The Morgan fingerprint density at radius 2 is 2.26 bits per heavy atom. The number of hydrogen-bond donors (Lipinski definition) is 1. The van der Waals surface area contributed by atoms with Crippen LogP contribution in [0.3, 0.4) is 0 Å². The lowest BCUT2D eigenvalue weighted by Crippen LogP contribution is -2.45. The second-order valence-electron chi connectivity index (χ2n) is 4.85. The molecule has 0 saturated carbocycles. The summed E-state index contributed by atoms with van der Waals surface area (Å²) in [5.74, 6) is 2.11. The molecule has 0 spiro atoms. The van der Waals surface area contributed by atoms with Gasteiger partial charge in [-0.3, -0.25) is 0 Å². The lowest BCUT2D eigenvalue weighted by Gasteiger charge is -2.37. The number of nitrogens with zero attached hydrogens (tertiary/aromatic N) is 1. The van der Waals surface area contributed by atoms with E-state index in [0.717, 1.165) is 44.0 Å². The highest BCUT2D eigenvalue weighted by Gasteiger charge is 2.32. The number of nitrogens with one attached hydrogen (secondary N) is 1. The van der Waals surface area contributed by atoms with Crippen LogP contribution < -0.4 is 10.1 Å². The summed E-state index contributed by atoms with van der Waals surface area (Å²) in [7, 11) is 0. The van der Waals surface area contributed by atoms with Gasteiger partial charge in [-0.1, -0.05) is 6.92 Å². The molecule has 2 heterocycles. The first-order valence-corrected chi connectivity index (χ1v) is 7.33. The van der Waals surface area contributed by atoms with Gasteiger partial charge in [-0.15, -0.1) is 11.6 Å². The fourth-order valence-corrected chi connectivity index (χ4v) is 2.45. The predicted molar refractivity (Wildman–Crippen MR) is 77.1 cm³/mol. The molecule has 0 unspecified atom stereocenters. The summed E-state index contributed by atoms with van der Waals surface area (Å²) in [5.41, 5.74) is -0.140. The van der Waals surface area contributed by atoms with E-state index in [1.165, 1.54) is 0 Å². The van der Waals surface area contributed by atoms with Gasteiger partial charge in [0.1, 0.15) is 0 Å². The molecule has 1 fully saturated rings. The maximum absolute atomic E-state index is 6.16. The van der Waals surface area contributed by atoms with Gasteiger partial charge in [-0.25, -0.2) is 4.98 Å². The van der Waals surface area contributed by atoms with Gasteiger partial charge >= 0.3 is 0 Å². The summed E-state index contributed by atoms with van der Waals surface area (Å²) in [6, 6.07) is 3.82. The average Bonchev–Trinajstić information content (AvgIpc) is 2.47. The number of aromatic nitrogens is 1. The second-order valence-corrected chi connectivity index (χ2v) is 5.12. The van der Waals surface area contributed by atoms with Crippen molar-refractivity contribution in [3.8, 4) is 5.75 Å². The first-order valence-electron chi connectivity index (χ1n) is 6.79. The number of halogens is 1. The van der Waals surface area contributed by atoms with Gasteiger partial charge in [0, 0.05) is 25.3 Å². The van der Waals surface area contributed by atoms with Crippen LogP contribution in [0.5, 0.6) is 5.75 Å². The third kappa shape index (κ3) is 3.74. The molecule has 1 saturated heterocycles. The Kier molecular flexibility index (Phi) is 5.28. The van der Waals surface area contributed by atoms with Crippen molar-refractivity contribution in [3.05, 3.63) is 18.3 Å². The predicted octanol–water partition coefficient (Wildman–Crippen LogP) is 3.07. The molecular weight excluding hydrogens is 264 g/mol. The van der Waals surface area contributed by atoms with E-state index in [1.807, 2.05) is 12.1 Å². The molecule has 0 radical (unpaired) electrons. The smallest absolute Gasteiger partial charge is 0.169 e. The lowest BCUT2D eigenvalue weighted by atomic mass is 9.92. The molecular formula is C14H21ClN2O2. The van der Waals surface area contributed by atoms with E-state index in [1.54, 1.807) is 6.20 Å². The molecule has 1 aromatic rings. The van der Waals surface area contributed by atoms with Gasteiger partial charge in [-0.05, 0) is 31.4 Å². The highest BCUT2D eigenvalue weighted by atomic mass is 35.5. The maximum Gasteiger partial charge on any atom is 0.169 e. The SMILES string of the molecule is CCCOc1cccnc1NC1(CCl)CCOCC1. The number of hydrogen-bond acceptors (Lipinski definition) is 4. The quantitative estimate of drug-likeness (QED) is 0.816. The van der Waals surface area contributed by atoms with Crippen molar-refractivity contribution in [2.45, 2.75) is 31.7 Å². The molecule has 0 aliphatic carbocycles. The molecule has 1 aliphatic heterocycles. The summed E-state index contributed by atoms with van der Waals surface area (Å²) in [6.07, 6.45) is 4.52. The first-order chi connectivity index (χ1) is 9.29. The summed E-state index contributed by atoms with van der Waals surface area (Å²) in [5, 5.41) is 3.47. The third-order valence-corrected chi connectivity index (χ3v) is 3.83. The summed E-state index contributed by atoms with van der Waals surface area (Å²) in [6.45, 7) is 4.25. The van der Waals surface area contributed by atoms with E-state index in [-0.39, 0.29) is 5.54 Å². The molecule has 2 rings (SSSR count). The summed E-state index contributed by atoms with van der Waals surface area (Å²) >= 11 is 6.16. The molecule has 0 atom stereocenters. The zero-order valence-corrected chi connectivity index (χ0v) is 12.1. The fourth-order valence-electron chi connectivity index (χ4n) is 2.12. The molecule has 0 amide bonds. The minimum Gasteiger partial charge on any atom is -0.490 e. The number of alkyl halides is 1. The van der Waals surface area contributed by atoms with Crippen LogP contribution in [0, 0.1) is 0 Å². The van der Waals surface area contributed by atoms with Crippen molar-refractivity contribution in [3.63, 3.8) is 0 Å². The molecule has 0 aromatic carbocycles. The zero-order chi connectivity index (χ0) is 13.6. The fraction of sp³-hybridized carbons (Fsp3) is 0.643. The standard InChI is InChI=1S/C14H21ClN2O2/c1-2-8-19-12-4-3-7-16-13(12)17-14(11-15)5-9-18-10-6-14/h3-4,7H,2,5-6,8-11H2,1H3,(H,16,17). The van der Waals surface area contributed by atoms with E-state index >= 15 is 0 Å². The molecule has 0 bridgehead atoms. The highest BCUT2D eigenvalue weighted by Crippen LogP contribution is 2.30. The largest absolute Gasteiger partial charge is 0.490 e. The Labute approximate surface area is 119 Å². The van der Waals surface area contributed by atoms with Crippen LogP contribution in [0.25, 0.3) is 0 Å². The summed E-state index contributed by atoms with van der Waals surface area (Å²) < 4.78 is 11.1. The Morgan fingerprint density at radius 3 is 2.95 bits per heavy atom. The van der Waals surface area contributed by atoms with Crippen LogP contribution in [0.4, 0.5) is 5.82 Å². The number of rotatable bonds is 6. The maximum atomic E-state index is 6.16. The second kappa shape index (κ2) is 6.96. The van der Waals surface area contributed by atoms with Crippen molar-refractivity contribution >= 4 is 17.4 Å². The minimum absolute atomic E-state index is 0.140. The zero-order valence-electron chi connectivity index (χ0n) is 11.3. The van der Waals surface area contributed by atoms with Crippen LogP contribution in [0.15, 0.2) is 18.3 Å². The molecule has 1 aliphatic rings. The molecule has 5 heteroatoms. The third-order valence-electron chi connectivity index (χ3n) is 3.32. The Morgan fingerprint density at radius 1 is 1.47 bits per heavy atom. The van der Waals surface area contributed by atoms with E-state index in [4.69, 9.17) is 21.1 Å². The van der Waals surface area contributed by atoms with Crippen molar-refractivity contribution in [2.24, 2.45) is 0 Å². The Bertz CT molecular complexity index is 395. The van der Waals surface area contributed by atoms with Gasteiger partial charge < -0.3 is 14.8 Å². The van der Waals surface area contributed by atoms with Crippen molar-refractivity contribution in [1.29, 1.82) is 0 Å². The molecule has 19 heavy (non-hydrogen) atoms. The number of pyridine rings is 1. The van der Waals surface area contributed by atoms with Gasteiger partial charge in [-0.2, -0.15) is 0 Å². The van der Waals surface area contributed by atoms with Gasteiger partial charge in [0.2, 0.25) is 0 Å². The minimum atomic E-state index is -0.140. The van der Waals surface area contributed by atoms with Crippen molar-refractivity contribution in [1.82, 2.24) is 4.98 Å². The van der Waals surface area contributed by atoms with Crippen LogP contribution >= 0.6 is 11.6 Å². The van der Waals surface area contributed by atoms with E-state index in [2.05, 4.69) is 17.2 Å². The van der Waals surface area contributed by atoms with E-state index < -0.39 is 0 Å². The van der Waals surface area contributed by atoms with Gasteiger partial charge in [0.05, 0.1) is 12.1 Å². The molecule has 1 aromatic heterocycles. The van der Waals surface area contributed by atoms with E-state index in [0.29, 0.717) is 12.5 Å². The number of anilines is 1. The molecule has 1 N–H and O–H groups in total. The van der Waals surface area contributed by atoms with Crippen molar-refractivity contribution in [2.75, 3.05) is 31.0 Å². The van der Waals surface area contributed by atoms with Crippen LogP contribution in [-0.2, 0) is 4.74 Å². The van der Waals surface area contributed by atoms with E-state index in [9.17, 15) is 0 Å². The first kappa shape index (κ1) is 14.4. The Balaban J connectivity index is 2.12. The average molecular weight is 285 g/mol. The molecule has 106 valence electrons. The van der Waals surface area contributed by atoms with Crippen LogP contribution in [0.1, 0.15) is 26.2 Å². The summed E-state index contributed by atoms with van der Waals surface area (Å²) in [4.78, 5) is 4.38. The number of ether oxygens (including phenoxy) is 2. The normalized spacial score (nSPS) is 18.0. The monoisotopic (exact) mass is 284 g/mol. The van der Waals surface area contributed by atoms with Gasteiger partial charge in [0.25, 0.3) is 0 Å². The lowest BCUT2D eigenvalue weighted by molar-refractivity contribution is 0.0665. The van der Waals surface area contributed by atoms with Crippen LogP contribution in [-0.4, -0.2) is 36.2 Å². The van der Waals surface area contributed by atoms with Crippen LogP contribution in [0.2, 0.25) is 0 Å². The highest BCUT2D eigenvalue weighted by molar-refractivity contribution is 6.18. The Hall–Kier alpha value is -1.00. The topological polar surface area (TPSA) is 43.4 Å². The molecule has 4 nitrogen and oxygen atoms in total. The van der Waals surface area contributed by atoms with Crippen molar-refractivity contribution < 1.29 is 9.47 Å².